The quantitative estimate of drug-likeness (QED) is 0.131. The van der Waals surface area contributed by atoms with Gasteiger partial charge in [0.15, 0.2) is 0 Å². The summed E-state index contributed by atoms with van der Waals surface area (Å²) in [5.74, 6) is 35.0. The first-order valence-corrected chi connectivity index (χ1v) is 24.7. The number of ketones is 2. The van der Waals surface area contributed by atoms with Gasteiger partial charge in [0.2, 0.25) is 0 Å². The van der Waals surface area contributed by atoms with Crippen LogP contribution in [0, 0.1) is 137 Å². The van der Waals surface area contributed by atoms with E-state index in [1.807, 2.05) is 51.1 Å². The van der Waals surface area contributed by atoms with E-state index in [0.29, 0.717) is 31.6 Å². The van der Waals surface area contributed by atoms with Gasteiger partial charge in [0, 0.05) is 31.7 Å². The Morgan fingerprint density at radius 2 is 1.18 bits per heavy atom. The van der Waals surface area contributed by atoms with Crippen molar-refractivity contribution in [3.05, 3.63) is 35.9 Å². The maximum atomic E-state index is 14.3. The number of hydrogen-bond acceptors (Lipinski definition) is 6. The summed E-state index contributed by atoms with van der Waals surface area (Å²) in [5.41, 5.74) is 0.209. The molecule has 1 amide bonds. The second-order valence-corrected chi connectivity index (χ2v) is 19.1. The predicted octanol–water partition coefficient (Wildman–Crippen LogP) is 11.5. The van der Waals surface area contributed by atoms with Gasteiger partial charge in [-0.1, -0.05) is 101 Å². The van der Waals surface area contributed by atoms with E-state index in [9.17, 15) is 19.2 Å². The smallest absolute Gasteiger partial charge is 0.407 e. The Kier molecular flexibility index (Phi) is 28.3. The lowest BCUT2D eigenvalue weighted by molar-refractivity contribution is -0.154. The topological polar surface area (TPSA) is 98.8 Å². The Labute approximate surface area is 411 Å². The first-order chi connectivity index (χ1) is 32.8. The van der Waals surface area contributed by atoms with Crippen LogP contribution in [0.2, 0.25) is 0 Å². The van der Waals surface area contributed by atoms with Gasteiger partial charge in [-0.3, -0.25) is 14.4 Å². The Balaban J connectivity index is 0.000000740. The van der Waals surface area contributed by atoms with Crippen LogP contribution in [0.5, 0.6) is 0 Å². The number of rotatable bonds is 16. The lowest BCUT2D eigenvalue weighted by atomic mass is 9.64. The van der Waals surface area contributed by atoms with Crippen LogP contribution in [0.1, 0.15) is 170 Å². The van der Waals surface area contributed by atoms with Gasteiger partial charge in [0.25, 0.3) is 0 Å². The molecule has 3 aliphatic carbocycles. The number of hydrogen-bond donors (Lipinski definition) is 1. The molecule has 0 bridgehead atoms. The van der Waals surface area contributed by atoms with Gasteiger partial charge in [0.05, 0.1) is 5.92 Å². The minimum absolute atomic E-state index is 0.0433. The Bertz CT molecular complexity index is 2180. The van der Waals surface area contributed by atoms with E-state index < -0.39 is 11.7 Å². The molecule has 1 aromatic carbocycles. The number of Topliss-reactive ketones (excluding diaryl/α,β-unsaturated/α-hetero) is 2. The number of ether oxygens (including phenoxy) is 2. The molecule has 0 radical (unpaired) electrons. The summed E-state index contributed by atoms with van der Waals surface area (Å²) in [5, 5.41) is 3.00. The van der Waals surface area contributed by atoms with Crippen LogP contribution in [0.3, 0.4) is 0 Å². The van der Waals surface area contributed by atoms with Crippen LogP contribution in [0.4, 0.5) is 4.79 Å². The number of benzene rings is 1. The minimum Gasteiger partial charge on any atom is -0.461 e. The molecule has 4 rings (SSSR count). The van der Waals surface area contributed by atoms with Crippen molar-refractivity contribution in [1.29, 1.82) is 0 Å². The van der Waals surface area contributed by atoms with Crippen molar-refractivity contribution in [2.24, 2.45) is 40.9 Å². The number of esters is 1. The molecule has 0 spiro atoms. The van der Waals surface area contributed by atoms with E-state index >= 15 is 0 Å². The maximum Gasteiger partial charge on any atom is 0.407 e. The van der Waals surface area contributed by atoms with E-state index in [-0.39, 0.29) is 59.3 Å². The molecule has 1 N–H and O–H groups in total. The molecule has 0 aromatic heterocycles. The predicted molar refractivity (Wildman–Crippen MR) is 274 cm³/mol. The highest BCUT2D eigenvalue weighted by molar-refractivity contribution is 5.82. The molecule has 0 unspecified atom stereocenters. The minimum atomic E-state index is -0.563. The average Bonchev–Trinajstić information content (AvgIpc) is 3.32. The highest BCUT2D eigenvalue weighted by Crippen LogP contribution is 2.45. The van der Waals surface area contributed by atoms with Crippen molar-refractivity contribution < 1.29 is 28.7 Å². The largest absolute Gasteiger partial charge is 0.461 e. The molecule has 0 saturated heterocycles. The second kappa shape index (κ2) is 33.3. The van der Waals surface area contributed by atoms with Crippen LogP contribution >= 0.6 is 0 Å². The van der Waals surface area contributed by atoms with Gasteiger partial charge in [-0.05, 0) is 192 Å². The Hall–Kier alpha value is -6.22. The van der Waals surface area contributed by atoms with Crippen molar-refractivity contribution >= 4 is 23.6 Å². The van der Waals surface area contributed by atoms with Gasteiger partial charge in [-0.25, -0.2) is 4.79 Å². The number of amides is 1. The van der Waals surface area contributed by atoms with Crippen molar-refractivity contribution in [2.45, 2.75) is 176 Å². The van der Waals surface area contributed by atoms with Crippen LogP contribution < -0.4 is 5.32 Å². The zero-order valence-electron chi connectivity index (χ0n) is 42.1. The number of terminal acetylenes is 2. The summed E-state index contributed by atoms with van der Waals surface area (Å²) < 4.78 is 11.3. The highest BCUT2D eigenvalue weighted by atomic mass is 16.6. The van der Waals surface area contributed by atoms with Crippen LogP contribution in [-0.4, -0.2) is 35.8 Å². The molecule has 3 fully saturated rings. The van der Waals surface area contributed by atoms with Crippen LogP contribution in [0.15, 0.2) is 30.3 Å². The lowest BCUT2D eigenvalue weighted by Crippen LogP contribution is -2.43. The Morgan fingerprint density at radius 3 is 1.69 bits per heavy atom. The SMILES string of the molecule is C#CC#CC#CC#CC.C#CC#CC#CC#CC.CC[C@@H](C(=O)C[C@@H]1CCCC[C@@H]1[C@@H](CC)C(=O)OCc1ccccc1)[C@H]1CCCC[C@H]1CC(=O)CC1(CNC(=O)OC(C)(C)C)CCCCC1. The number of carbonyl (C=O) groups excluding carboxylic acids is 4. The molecule has 7 heteroatoms. The molecule has 3 saturated carbocycles. The Morgan fingerprint density at radius 1 is 0.676 bits per heavy atom. The fourth-order valence-electron chi connectivity index (χ4n) is 10.2. The molecule has 0 aliphatic heterocycles. The summed E-state index contributed by atoms with van der Waals surface area (Å²) in [7, 11) is 0. The first kappa shape index (κ1) is 57.9. The van der Waals surface area contributed by atoms with Crippen molar-refractivity contribution in [3.63, 3.8) is 0 Å². The molecular weight excluding hydrogens is 843 g/mol. The third-order valence-corrected chi connectivity index (χ3v) is 13.1. The normalized spacial score (nSPS) is 19.4. The average molecular weight is 918 g/mol. The number of carbonyl (C=O) groups is 4. The van der Waals surface area contributed by atoms with Crippen molar-refractivity contribution in [2.75, 3.05) is 6.54 Å². The molecule has 68 heavy (non-hydrogen) atoms. The lowest BCUT2D eigenvalue weighted by Gasteiger charge is -2.40. The van der Waals surface area contributed by atoms with Gasteiger partial charge in [0.1, 0.15) is 23.8 Å². The summed E-state index contributed by atoms with van der Waals surface area (Å²) in [6, 6.07) is 9.83. The fourth-order valence-corrected chi connectivity index (χ4v) is 10.2. The van der Waals surface area contributed by atoms with Gasteiger partial charge in [-0.2, -0.15) is 0 Å². The highest BCUT2D eigenvalue weighted by Gasteiger charge is 2.42. The molecular formula is C61H75NO6. The standard InChI is InChI=1S/C43H67NO6.2C9H4/c1-6-35(39(46)27-33-21-13-15-23-38(33)36(7-2)40(47)49-29-31-18-10-8-11-19-31)37-22-14-12-20-32(37)26-34(45)28-43(24-16-9-17-25-43)30-44-41(48)50-42(3,4)5;2*1-3-5-7-9-8-6-4-2/h8,10-11,18-19,32-33,35-38H,6-7,9,12-17,20-30H2,1-5H3,(H,44,48);2*1H,2H3/t32-,33-,35+,36+,37-,38-;;/m0../s1. The first-order valence-electron chi connectivity index (χ1n) is 24.7. The number of nitrogens with one attached hydrogen (secondary N) is 1. The zero-order valence-corrected chi connectivity index (χ0v) is 42.1. The molecule has 360 valence electrons. The van der Waals surface area contributed by atoms with Crippen molar-refractivity contribution in [1.82, 2.24) is 5.32 Å². The van der Waals surface area contributed by atoms with Crippen LogP contribution in [-0.2, 0) is 30.5 Å². The third-order valence-electron chi connectivity index (χ3n) is 13.1. The number of alkyl carbamates (subject to hydrolysis) is 1. The van der Waals surface area contributed by atoms with E-state index in [0.717, 1.165) is 95.5 Å². The second-order valence-electron chi connectivity index (χ2n) is 19.1. The van der Waals surface area contributed by atoms with Gasteiger partial charge >= 0.3 is 12.1 Å². The van der Waals surface area contributed by atoms with E-state index in [1.165, 1.54) is 6.42 Å². The summed E-state index contributed by atoms with van der Waals surface area (Å²) in [4.78, 5) is 54.1. The monoisotopic (exact) mass is 918 g/mol. The molecule has 7 nitrogen and oxygen atoms in total. The van der Waals surface area contributed by atoms with Gasteiger partial charge in [-0.15, -0.1) is 12.8 Å². The van der Waals surface area contributed by atoms with E-state index in [4.69, 9.17) is 22.3 Å². The van der Waals surface area contributed by atoms with Crippen LogP contribution in [0.25, 0.3) is 0 Å². The summed E-state index contributed by atoms with van der Waals surface area (Å²) in [6.07, 6.45) is 25.9. The fraction of sp³-hybridized carbons (Fsp3) is 0.574. The van der Waals surface area contributed by atoms with E-state index in [1.54, 1.807) is 13.8 Å². The van der Waals surface area contributed by atoms with E-state index in [2.05, 4.69) is 102 Å². The van der Waals surface area contributed by atoms with Crippen molar-refractivity contribution in [3.8, 4) is 95.7 Å². The maximum absolute atomic E-state index is 14.3. The van der Waals surface area contributed by atoms with Gasteiger partial charge < -0.3 is 14.8 Å². The summed E-state index contributed by atoms with van der Waals surface area (Å²) >= 11 is 0. The molecule has 6 atom stereocenters. The summed E-state index contributed by atoms with van der Waals surface area (Å²) in [6.45, 7) is 14.0. The molecule has 0 heterocycles. The third kappa shape index (κ3) is 23.0. The molecule has 3 aliphatic rings. The molecule has 1 aromatic rings. The zero-order chi connectivity index (χ0) is 50.0.